The monoisotopic (exact) mass is 178 g/mol. The van der Waals surface area contributed by atoms with Crippen molar-refractivity contribution in [2.75, 3.05) is 5.73 Å². The van der Waals surface area contributed by atoms with E-state index in [1.165, 1.54) is 0 Å². The first-order valence-electron chi connectivity index (χ1n) is 4.54. The summed E-state index contributed by atoms with van der Waals surface area (Å²) in [5.41, 5.74) is 13.0. The van der Waals surface area contributed by atoms with Crippen molar-refractivity contribution in [3.63, 3.8) is 0 Å². The molecule has 0 radical (unpaired) electrons. The van der Waals surface area contributed by atoms with E-state index in [1.807, 2.05) is 18.2 Å². The Bertz CT molecular complexity index is 308. The average molecular weight is 178 g/mol. The number of anilines is 1. The van der Waals surface area contributed by atoms with Gasteiger partial charge in [0.2, 0.25) is 0 Å². The van der Waals surface area contributed by atoms with Gasteiger partial charge >= 0.3 is 0 Å². The summed E-state index contributed by atoms with van der Waals surface area (Å²) in [4.78, 5) is 0. The van der Waals surface area contributed by atoms with E-state index in [9.17, 15) is 0 Å². The molecule has 3 heteroatoms. The lowest BCUT2D eigenvalue weighted by Crippen LogP contribution is -2.02. The highest BCUT2D eigenvalue weighted by molar-refractivity contribution is 5.54. The number of hydrogen-bond acceptors (Lipinski definition) is 3. The molecule has 0 heterocycles. The maximum Gasteiger partial charge on any atom is 0.142 e. The van der Waals surface area contributed by atoms with Crippen LogP contribution in [-0.2, 0) is 6.54 Å². The maximum atomic E-state index is 5.75. The quantitative estimate of drug-likeness (QED) is 0.685. The zero-order valence-corrected chi connectivity index (χ0v) is 7.49. The van der Waals surface area contributed by atoms with Crippen molar-refractivity contribution >= 4 is 5.69 Å². The van der Waals surface area contributed by atoms with Crippen LogP contribution in [0.5, 0.6) is 5.75 Å². The number of nitrogen functional groups attached to an aromatic ring is 1. The highest BCUT2D eigenvalue weighted by Crippen LogP contribution is 2.31. The molecule has 0 amide bonds. The molecule has 0 atom stereocenters. The fraction of sp³-hybridized carbons (Fsp3) is 0.400. The normalized spacial score (nSPS) is 15.8. The van der Waals surface area contributed by atoms with E-state index in [0.717, 1.165) is 24.2 Å². The first-order chi connectivity index (χ1) is 6.29. The van der Waals surface area contributed by atoms with E-state index in [2.05, 4.69) is 0 Å². The molecule has 0 spiro atoms. The number of hydrogen-bond donors (Lipinski definition) is 2. The van der Waals surface area contributed by atoms with Gasteiger partial charge in [0.25, 0.3) is 0 Å². The molecule has 1 aliphatic rings. The third-order valence-electron chi connectivity index (χ3n) is 2.13. The molecule has 1 aliphatic carbocycles. The largest absolute Gasteiger partial charge is 0.488 e. The van der Waals surface area contributed by atoms with Crippen molar-refractivity contribution in [1.29, 1.82) is 0 Å². The van der Waals surface area contributed by atoms with Gasteiger partial charge in [0, 0.05) is 6.54 Å². The zero-order chi connectivity index (χ0) is 9.26. The predicted octanol–water partition coefficient (Wildman–Crippen LogP) is 1.27. The van der Waals surface area contributed by atoms with Crippen molar-refractivity contribution in [3.05, 3.63) is 23.8 Å². The molecule has 0 unspecified atom stereocenters. The van der Waals surface area contributed by atoms with E-state index < -0.39 is 0 Å². The minimum Gasteiger partial charge on any atom is -0.488 e. The van der Waals surface area contributed by atoms with Crippen molar-refractivity contribution < 1.29 is 4.74 Å². The Hall–Kier alpha value is -1.22. The van der Waals surface area contributed by atoms with Gasteiger partial charge in [-0.05, 0) is 30.5 Å². The van der Waals surface area contributed by atoms with Crippen LogP contribution in [0.15, 0.2) is 18.2 Å². The maximum absolute atomic E-state index is 5.75. The Balaban J connectivity index is 2.19. The Morgan fingerprint density at radius 2 is 2.15 bits per heavy atom. The van der Waals surface area contributed by atoms with Crippen LogP contribution < -0.4 is 16.2 Å². The van der Waals surface area contributed by atoms with Crippen LogP contribution in [0.4, 0.5) is 5.69 Å². The highest BCUT2D eigenvalue weighted by Gasteiger charge is 2.24. The zero-order valence-electron chi connectivity index (χ0n) is 7.49. The van der Waals surface area contributed by atoms with Gasteiger partial charge in [0.15, 0.2) is 0 Å². The van der Waals surface area contributed by atoms with Gasteiger partial charge in [-0.1, -0.05) is 6.07 Å². The molecule has 2 rings (SSSR count). The number of benzene rings is 1. The van der Waals surface area contributed by atoms with Crippen molar-refractivity contribution in [2.45, 2.75) is 25.5 Å². The first-order valence-corrected chi connectivity index (χ1v) is 4.54. The molecule has 1 saturated carbocycles. The molecule has 0 saturated heterocycles. The summed E-state index contributed by atoms with van der Waals surface area (Å²) in [6, 6.07) is 5.70. The van der Waals surface area contributed by atoms with Gasteiger partial charge in [0.05, 0.1) is 11.8 Å². The number of ether oxygens (including phenoxy) is 1. The summed E-state index contributed by atoms with van der Waals surface area (Å²) in [5.74, 6) is 0.783. The summed E-state index contributed by atoms with van der Waals surface area (Å²) in [6.07, 6.45) is 2.67. The molecular weight excluding hydrogens is 164 g/mol. The predicted molar refractivity (Wildman–Crippen MR) is 52.4 cm³/mol. The first kappa shape index (κ1) is 8.38. The Morgan fingerprint density at radius 3 is 2.77 bits per heavy atom. The Labute approximate surface area is 77.7 Å². The summed E-state index contributed by atoms with van der Waals surface area (Å²) in [5, 5.41) is 0. The topological polar surface area (TPSA) is 61.3 Å². The lowest BCUT2D eigenvalue weighted by molar-refractivity contribution is 0.304. The van der Waals surface area contributed by atoms with Crippen molar-refractivity contribution in [1.82, 2.24) is 0 Å². The molecule has 0 aromatic heterocycles. The van der Waals surface area contributed by atoms with Gasteiger partial charge in [0.1, 0.15) is 5.75 Å². The molecule has 1 aromatic carbocycles. The molecular formula is C10H14N2O. The van der Waals surface area contributed by atoms with Crippen LogP contribution in [-0.4, -0.2) is 6.10 Å². The van der Waals surface area contributed by atoms with E-state index in [4.69, 9.17) is 16.2 Å². The fourth-order valence-corrected chi connectivity index (χ4v) is 1.17. The van der Waals surface area contributed by atoms with Crippen LogP contribution >= 0.6 is 0 Å². The standard InChI is InChI=1S/C10H14N2O/c11-6-7-1-4-9(12)10(5-7)13-8-2-3-8/h1,4-5,8H,2-3,6,11-12H2. The van der Waals surface area contributed by atoms with Gasteiger partial charge in [-0.15, -0.1) is 0 Å². The van der Waals surface area contributed by atoms with Crippen LogP contribution in [0.2, 0.25) is 0 Å². The molecule has 3 nitrogen and oxygen atoms in total. The fourth-order valence-electron chi connectivity index (χ4n) is 1.17. The lowest BCUT2D eigenvalue weighted by Gasteiger charge is -2.08. The Morgan fingerprint density at radius 1 is 1.38 bits per heavy atom. The van der Waals surface area contributed by atoms with Gasteiger partial charge in [-0.25, -0.2) is 0 Å². The highest BCUT2D eigenvalue weighted by atomic mass is 16.5. The molecule has 13 heavy (non-hydrogen) atoms. The molecule has 0 aliphatic heterocycles. The summed E-state index contributed by atoms with van der Waals surface area (Å²) in [6.45, 7) is 0.529. The van der Waals surface area contributed by atoms with Gasteiger partial charge < -0.3 is 16.2 Å². The smallest absolute Gasteiger partial charge is 0.142 e. The second-order valence-corrected chi connectivity index (χ2v) is 3.39. The number of rotatable bonds is 3. The van der Waals surface area contributed by atoms with Crippen molar-refractivity contribution in [2.24, 2.45) is 5.73 Å². The summed E-state index contributed by atoms with van der Waals surface area (Å²) < 4.78 is 5.62. The second kappa shape index (κ2) is 3.26. The van der Waals surface area contributed by atoms with E-state index in [1.54, 1.807) is 0 Å². The third-order valence-corrected chi connectivity index (χ3v) is 2.13. The van der Waals surface area contributed by atoms with Gasteiger partial charge in [-0.2, -0.15) is 0 Å². The number of nitrogens with two attached hydrogens (primary N) is 2. The van der Waals surface area contributed by atoms with Crippen LogP contribution in [0.25, 0.3) is 0 Å². The van der Waals surface area contributed by atoms with Crippen LogP contribution in [0.3, 0.4) is 0 Å². The molecule has 1 fully saturated rings. The Kier molecular flexibility index (Phi) is 2.10. The van der Waals surface area contributed by atoms with E-state index in [0.29, 0.717) is 18.3 Å². The average Bonchev–Trinajstić information content (AvgIpc) is 2.93. The second-order valence-electron chi connectivity index (χ2n) is 3.39. The molecule has 70 valence electrons. The third kappa shape index (κ3) is 1.92. The SMILES string of the molecule is NCc1ccc(N)c(OC2CC2)c1. The van der Waals surface area contributed by atoms with Crippen LogP contribution in [0.1, 0.15) is 18.4 Å². The minimum absolute atomic E-state index is 0.385. The minimum atomic E-state index is 0.385. The van der Waals surface area contributed by atoms with Gasteiger partial charge in [-0.3, -0.25) is 0 Å². The molecule has 0 bridgehead atoms. The van der Waals surface area contributed by atoms with Crippen molar-refractivity contribution in [3.8, 4) is 5.75 Å². The van der Waals surface area contributed by atoms with E-state index >= 15 is 0 Å². The summed E-state index contributed by atoms with van der Waals surface area (Å²) in [7, 11) is 0. The lowest BCUT2D eigenvalue weighted by atomic mass is 10.2. The molecule has 1 aromatic rings. The van der Waals surface area contributed by atoms with E-state index in [-0.39, 0.29) is 0 Å². The summed E-state index contributed by atoms with van der Waals surface area (Å²) >= 11 is 0. The molecule has 4 N–H and O–H groups in total. The van der Waals surface area contributed by atoms with Crippen LogP contribution in [0, 0.1) is 0 Å².